The van der Waals surface area contributed by atoms with Crippen LogP contribution in [0.3, 0.4) is 0 Å². The van der Waals surface area contributed by atoms with Crippen molar-refractivity contribution >= 4 is 5.69 Å². The molecule has 0 aliphatic heterocycles. The van der Waals surface area contributed by atoms with Crippen molar-refractivity contribution in [1.82, 2.24) is 0 Å². The Morgan fingerprint density at radius 3 is 2.30 bits per heavy atom. The van der Waals surface area contributed by atoms with Crippen molar-refractivity contribution in [2.24, 2.45) is 0 Å². The maximum atomic E-state index is 9.76. The lowest BCUT2D eigenvalue weighted by atomic mass is 10.0. The van der Waals surface area contributed by atoms with Gasteiger partial charge in [-0.25, -0.2) is 0 Å². The average molecular weight is 269 g/mol. The van der Waals surface area contributed by atoms with Gasteiger partial charge in [-0.05, 0) is 43.9 Å². The van der Waals surface area contributed by atoms with E-state index in [4.69, 9.17) is 0 Å². The number of hydrogen-bond donors (Lipinski definition) is 2. The second kappa shape index (κ2) is 6.58. The Morgan fingerprint density at radius 1 is 0.950 bits per heavy atom. The van der Waals surface area contributed by atoms with Crippen LogP contribution in [0.4, 0.5) is 5.69 Å². The monoisotopic (exact) mass is 269 g/mol. The molecule has 0 saturated carbocycles. The van der Waals surface area contributed by atoms with Crippen molar-refractivity contribution in [1.29, 1.82) is 0 Å². The van der Waals surface area contributed by atoms with Gasteiger partial charge in [0.15, 0.2) is 0 Å². The normalized spacial score (nSPS) is 11.3. The lowest BCUT2D eigenvalue weighted by molar-refractivity contribution is 0.0749. The number of hydrogen-bond acceptors (Lipinski definition) is 2. The van der Waals surface area contributed by atoms with Crippen molar-refractivity contribution in [2.75, 3.05) is 11.9 Å². The maximum Gasteiger partial charge on any atom is 0.0608 e. The Balaban J connectivity index is 2.03. The number of rotatable bonds is 6. The van der Waals surface area contributed by atoms with E-state index in [2.05, 4.69) is 47.8 Å². The summed E-state index contributed by atoms with van der Waals surface area (Å²) in [6.45, 7) is 4.45. The summed E-state index contributed by atoms with van der Waals surface area (Å²) < 4.78 is 0. The summed E-state index contributed by atoms with van der Waals surface area (Å²) in [5, 5.41) is 13.2. The first-order valence-corrected chi connectivity index (χ1v) is 7.13. The van der Waals surface area contributed by atoms with Gasteiger partial charge in [0.25, 0.3) is 0 Å². The van der Waals surface area contributed by atoms with Gasteiger partial charge in [0.1, 0.15) is 0 Å². The molecule has 2 N–H and O–H groups in total. The fourth-order valence-corrected chi connectivity index (χ4v) is 2.17. The first-order valence-electron chi connectivity index (χ1n) is 7.13. The van der Waals surface area contributed by atoms with E-state index in [1.807, 2.05) is 26.0 Å². The summed E-state index contributed by atoms with van der Waals surface area (Å²) in [7, 11) is 0. The van der Waals surface area contributed by atoms with E-state index >= 15 is 0 Å². The van der Waals surface area contributed by atoms with E-state index in [0.29, 0.717) is 0 Å². The summed E-state index contributed by atoms with van der Waals surface area (Å²) in [6.07, 6.45) is 1.65. The Kier molecular flexibility index (Phi) is 4.80. The van der Waals surface area contributed by atoms with Crippen LogP contribution in [0.25, 0.3) is 0 Å². The summed E-state index contributed by atoms with van der Waals surface area (Å²) in [5.74, 6) is 0. The quantitative estimate of drug-likeness (QED) is 0.835. The molecule has 2 nitrogen and oxygen atoms in total. The third kappa shape index (κ3) is 4.71. The largest absolute Gasteiger partial charge is 0.390 e. The zero-order valence-corrected chi connectivity index (χ0v) is 12.3. The molecule has 0 aromatic heterocycles. The number of para-hydroxylation sites is 1. The molecule has 0 aliphatic rings. The molecule has 106 valence electrons. The number of benzene rings is 2. The van der Waals surface area contributed by atoms with E-state index in [0.717, 1.165) is 25.1 Å². The smallest absolute Gasteiger partial charge is 0.0608 e. The van der Waals surface area contributed by atoms with E-state index in [-0.39, 0.29) is 0 Å². The van der Waals surface area contributed by atoms with E-state index < -0.39 is 5.60 Å². The van der Waals surface area contributed by atoms with E-state index in [1.54, 1.807) is 0 Å². The van der Waals surface area contributed by atoms with Gasteiger partial charge in [0.05, 0.1) is 5.60 Å². The molecule has 20 heavy (non-hydrogen) atoms. The van der Waals surface area contributed by atoms with Crippen molar-refractivity contribution in [2.45, 2.75) is 32.3 Å². The predicted octanol–water partition coefficient (Wildman–Crippen LogP) is 3.85. The maximum absolute atomic E-state index is 9.76. The van der Waals surface area contributed by atoms with Crippen molar-refractivity contribution in [3.63, 3.8) is 0 Å². The molecule has 2 rings (SSSR count). The van der Waals surface area contributed by atoms with Crippen LogP contribution < -0.4 is 5.32 Å². The minimum absolute atomic E-state index is 0.624. The first-order chi connectivity index (χ1) is 9.54. The molecule has 0 aliphatic carbocycles. The lowest BCUT2D eigenvalue weighted by Crippen LogP contribution is -2.22. The van der Waals surface area contributed by atoms with Gasteiger partial charge in [-0.1, -0.05) is 48.5 Å². The molecule has 2 aromatic rings. The third-order valence-corrected chi connectivity index (χ3v) is 3.31. The SMILES string of the molecule is CC(C)(O)CCNc1ccccc1Cc1ccccc1. The zero-order chi connectivity index (χ0) is 14.4. The Hall–Kier alpha value is -1.80. The average Bonchev–Trinajstić information content (AvgIpc) is 2.40. The first kappa shape index (κ1) is 14.6. The Labute approximate surface area is 121 Å². The van der Waals surface area contributed by atoms with Gasteiger partial charge in [0, 0.05) is 12.2 Å². The minimum atomic E-state index is -0.624. The highest BCUT2D eigenvalue weighted by Crippen LogP contribution is 2.19. The van der Waals surface area contributed by atoms with Crippen LogP contribution in [0, 0.1) is 0 Å². The van der Waals surface area contributed by atoms with Gasteiger partial charge in [-0.3, -0.25) is 0 Å². The minimum Gasteiger partial charge on any atom is -0.390 e. The molecule has 0 bridgehead atoms. The molecular weight excluding hydrogens is 246 g/mol. The molecule has 2 aromatic carbocycles. The van der Waals surface area contributed by atoms with Gasteiger partial charge in [-0.15, -0.1) is 0 Å². The van der Waals surface area contributed by atoms with Crippen LogP contribution in [0.5, 0.6) is 0 Å². The van der Waals surface area contributed by atoms with Gasteiger partial charge < -0.3 is 10.4 Å². The standard InChI is InChI=1S/C18H23NO/c1-18(2,20)12-13-19-17-11-7-6-10-16(17)14-15-8-4-3-5-9-15/h3-11,19-20H,12-14H2,1-2H3. The fourth-order valence-electron chi connectivity index (χ4n) is 2.17. The summed E-state index contributed by atoms with van der Waals surface area (Å²) in [4.78, 5) is 0. The van der Waals surface area contributed by atoms with Gasteiger partial charge >= 0.3 is 0 Å². The molecular formula is C18H23NO. The molecule has 0 radical (unpaired) electrons. The predicted molar refractivity (Wildman–Crippen MR) is 85.1 cm³/mol. The van der Waals surface area contributed by atoms with Crippen LogP contribution in [0.2, 0.25) is 0 Å². The lowest BCUT2D eigenvalue weighted by Gasteiger charge is -2.18. The van der Waals surface area contributed by atoms with Crippen LogP contribution in [-0.2, 0) is 6.42 Å². The summed E-state index contributed by atoms with van der Waals surface area (Å²) in [5.41, 5.74) is 3.13. The van der Waals surface area contributed by atoms with Crippen LogP contribution in [0.1, 0.15) is 31.4 Å². The molecule has 2 heteroatoms. The van der Waals surface area contributed by atoms with Crippen LogP contribution in [0.15, 0.2) is 54.6 Å². The highest BCUT2D eigenvalue weighted by Gasteiger charge is 2.11. The molecule has 0 atom stereocenters. The molecule has 0 spiro atoms. The highest BCUT2D eigenvalue weighted by atomic mass is 16.3. The summed E-state index contributed by atoms with van der Waals surface area (Å²) >= 11 is 0. The molecule has 0 fully saturated rings. The van der Waals surface area contributed by atoms with Gasteiger partial charge in [-0.2, -0.15) is 0 Å². The van der Waals surface area contributed by atoms with Crippen LogP contribution in [-0.4, -0.2) is 17.3 Å². The second-order valence-corrected chi connectivity index (χ2v) is 5.81. The molecule has 0 saturated heterocycles. The molecule has 0 amide bonds. The Bertz CT molecular complexity index is 529. The van der Waals surface area contributed by atoms with E-state index in [1.165, 1.54) is 11.1 Å². The van der Waals surface area contributed by atoms with E-state index in [9.17, 15) is 5.11 Å². The molecule has 0 heterocycles. The number of nitrogens with one attached hydrogen (secondary N) is 1. The Morgan fingerprint density at radius 2 is 1.60 bits per heavy atom. The topological polar surface area (TPSA) is 32.3 Å². The third-order valence-electron chi connectivity index (χ3n) is 3.31. The van der Waals surface area contributed by atoms with Crippen LogP contribution >= 0.6 is 0 Å². The second-order valence-electron chi connectivity index (χ2n) is 5.81. The number of aliphatic hydroxyl groups is 1. The van der Waals surface area contributed by atoms with Gasteiger partial charge in [0.2, 0.25) is 0 Å². The van der Waals surface area contributed by atoms with Crippen molar-refractivity contribution < 1.29 is 5.11 Å². The van der Waals surface area contributed by atoms with Crippen molar-refractivity contribution in [3.8, 4) is 0 Å². The molecule has 0 unspecified atom stereocenters. The van der Waals surface area contributed by atoms with Crippen molar-refractivity contribution in [3.05, 3.63) is 65.7 Å². The fraction of sp³-hybridized carbons (Fsp3) is 0.333. The summed E-state index contributed by atoms with van der Waals surface area (Å²) in [6, 6.07) is 18.8. The zero-order valence-electron chi connectivity index (χ0n) is 12.3. The highest BCUT2D eigenvalue weighted by molar-refractivity contribution is 5.52. The number of anilines is 1.